The van der Waals surface area contributed by atoms with E-state index >= 15 is 0 Å². The van der Waals surface area contributed by atoms with Crippen molar-refractivity contribution in [2.45, 2.75) is 26.8 Å². The number of anilines is 1. The first-order valence-corrected chi connectivity index (χ1v) is 11.3. The Bertz CT molecular complexity index is 1330. The predicted molar refractivity (Wildman–Crippen MR) is 129 cm³/mol. The van der Waals surface area contributed by atoms with Crippen LogP contribution in [0.25, 0.3) is 22.5 Å². The minimum Gasteiger partial charge on any atom is -0.477 e. The third-order valence-electron chi connectivity index (χ3n) is 5.17. The molecule has 9 heteroatoms. The van der Waals surface area contributed by atoms with Crippen LogP contribution in [0.5, 0.6) is 0 Å². The fourth-order valence-corrected chi connectivity index (χ4v) is 4.14. The average molecular weight is 462 g/mol. The van der Waals surface area contributed by atoms with E-state index < -0.39 is 5.97 Å². The minimum absolute atomic E-state index is 0.0943. The molecule has 168 valence electrons. The monoisotopic (exact) mass is 461 g/mol. The molecule has 2 aromatic heterocycles. The summed E-state index contributed by atoms with van der Waals surface area (Å²) in [6.07, 6.45) is 2.21. The van der Waals surface area contributed by atoms with E-state index in [2.05, 4.69) is 19.3 Å². The second kappa shape index (κ2) is 9.74. The Labute approximate surface area is 194 Å². The predicted octanol–water partition coefficient (Wildman–Crippen LogP) is 4.38. The summed E-state index contributed by atoms with van der Waals surface area (Å²) in [5.74, 6) is 0.471. The summed E-state index contributed by atoms with van der Waals surface area (Å²) in [5, 5.41) is 9.59. The van der Waals surface area contributed by atoms with Gasteiger partial charge in [0.25, 0.3) is 0 Å². The van der Waals surface area contributed by atoms with Crippen molar-refractivity contribution < 1.29 is 9.90 Å². The second-order valence-electron chi connectivity index (χ2n) is 7.57. The van der Waals surface area contributed by atoms with E-state index in [1.54, 1.807) is 6.92 Å². The summed E-state index contributed by atoms with van der Waals surface area (Å²) < 4.78 is 4.22. The maximum atomic E-state index is 11.7. The summed E-state index contributed by atoms with van der Waals surface area (Å²) >= 11 is 0.900. The van der Waals surface area contributed by atoms with Crippen molar-refractivity contribution in [3.8, 4) is 22.5 Å². The van der Waals surface area contributed by atoms with Gasteiger partial charge in [-0.2, -0.15) is 4.37 Å². The van der Waals surface area contributed by atoms with E-state index in [-0.39, 0.29) is 10.4 Å². The molecule has 8 nitrogen and oxygen atoms in total. The molecule has 0 saturated carbocycles. The molecule has 4 aromatic rings. The summed E-state index contributed by atoms with van der Waals surface area (Å²) in [4.78, 5) is 36.3. The van der Waals surface area contributed by atoms with Gasteiger partial charge in [-0.1, -0.05) is 55.5 Å². The van der Waals surface area contributed by atoms with Crippen molar-refractivity contribution >= 4 is 23.3 Å². The lowest BCUT2D eigenvalue weighted by Crippen LogP contribution is -2.27. The molecule has 0 aliphatic rings. The van der Waals surface area contributed by atoms with Crippen LogP contribution in [0.15, 0.2) is 59.5 Å². The Morgan fingerprint density at radius 1 is 1.12 bits per heavy atom. The van der Waals surface area contributed by atoms with E-state index in [0.717, 1.165) is 40.2 Å². The summed E-state index contributed by atoms with van der Waals surface area (Å²) in [6.45, 7) is 4.98. The van der Waals surface area contributed by atoms with Crippen molar-refractivity contribution in [1.29, 1.82) is 0 Å². The highest BCUT2D eigenvalue weighted by molar-refractivity contribution is 7.03. The SMILES string of the molecule is CCCN(Cc1ccc(-c2ccccc2-c2nsc(=O)[nH]2)cc1)c1nc(C)ncc1C(=O)O. The molecule has 0 bridgehead atoms. The first kappa shape index (κ1) is 22.3. The van der Waals surface area contributed by atoms with Gasteiger partial charge in [0.05, 0.1) is 0 Å². The highest BCUT2D eigenvalue weighted by atomic mass is 32.1. The number of nitrogens with zero attached hydrogens (tertiary/aromatic N) is 4. The average Bonchev–Trinajstić information content (AvgIpc) is 3.25. The van der Waals surface area contributed by atoms with E-state index in [4.69, 9.17) is 0 Å². The van der Waals surface area contributed by atoms with Crippen LogP contribution >= 0.6 is 11.5 Å². The van der Waals surface area contributed by atoms with Crippen LogP contribution in [0.3, 0.4) is 0 Å². The second-order valence-corrected chi connectivity index (χ2v) is 8.30. The Balaban J connectivity index is 1.64. The number of aromatic amines is 1. The molecule has 0 unspecified atom stereocenters. The van der Waals surface area contributed by atoms with E-state index in [1.165, 1.54) is 6.20 Å². The molecule has 0 radical (unpaired) electrons. The van der Waals surface area contributed by atoms with Gasteiger partial charge in [-0.3, -0.25) is 9.78 Å². The van der Waals surface area contributed by atoms with Crippen LogP contribution in [0.4, 0.5) is 5.82 Å². The topological polar surface area (TPSA) is 112 Å². The quantitative estimate of drug-likeness (QED) is 0.400. The van der Waals surface area contributed by atoms with Crippen molar-refractivity contribution in [3.05, 3.63) is 81.3 Å². The molecule has 0 aliphatic carbocycles. The van der Waals surface area contributed by atoms with Crippen LogP contribution in [-0.4, -0.2) is 36.9 Å². The minimum atomic E-state index is -1.04. The maximum Gasteiger partial charge on any atom is 0.341 e. The number of carboxylic acid groups (broad SMARTS) is 1. The van der Waals surface area contributed by atoms with Crippen LogP contribution < -0.4 is 9.77 Å². The van der Waals surface area contributed by atoms with E-state index in [9.17, 15) is 14.7 Å². The standard InChI is InChI=1S/C24H23N5O3S/c1-3-12-29(22-20(23(30)31)13-25-15(2)26-22)14-16-8-10-17(11-9-16)18-6-4-5-7-19(18)21-27-24(32)33-28-21/h4-11,13H,3,12,14H2,1-2H3,(H,30,31)(H,27,28,32). The number of nitrogens with one attached hydrogen (secondary N) is 1. The van der Waals surface area contributed by atoms with Crippen LogP contribution in [-0.2, 0) is 6.54 Å². The zero-order chi connectivity index (χ0) is 23.4. The van der Waals surface area contributed by atoms with Gasteiger partial charge in [0.2, 0.25) is 0 Å². The Hall–Kier alpha value is -3.85. The molecule has 0 saturated heterocycles. The molecule has 2 heterocycles. The number of benzene rings is 2. The smallest absolute Gasteiger partial charge is 0.341 e. The summed E-state index contributed by atoms with van der Waals surface area (Å²) in [6, 6.07) is 15.9. The first-order chi connectivity index (χ1) is 16.0. The number of carboxylic acids is 1. The Kier molecular flexibility index (Phi) is 6.60. The molecule has 2 aromatic carbocycles. The zero-order valence-corrected chi connectivity index (χ0v) is 19.1. The number of aromatic carboxylic acids is 1. The van der Waals surface area contributed by atoms with Gasteiger partial charge in [0.1, 0.15) is 17.2 Å². The van der Waals surface area contributed by atoms with E-state index in [1.807, 2.05) is 60.4 Å². The summed E-state index contributed by atoms with van der Waals surface area (Å²) in [5.41, 5.74) is 3.94. The summed E-state index contributed by atoms with van der Waals surface area (Å²) in [7, 11) is 0. The van der Waals surface area contributed by atoms with Crippen LogP contribution in [0, 0.1) is 6.92 Å². The van der Waals surface area contributed by atoms with Crippen LogP contribution in [0.2, 0.25) is 0 Å². The van der Waals surface area contributed by atoms with E-state index in [0.29, 0.717) is 30.6 Å². The Morgan fingerprint density at radius 2 is 1.85 bits per heavy atom. The molecule has 0 spiro atoms. The van der Waals surface area contributed by atoms with Crippen molar-refractivity contribution in [2.24, 2.45) is 0 Å². The number of hydrogen-bond acceptors (Lipinski definition) is 7. The highest BCUT2D eigenvalue weighted by Crippen LogP contribution is 2.30. The molecular weight excluding hydrogens is 438 g/mol. The van der Waals surface area contributed by atoms with Gasteiger partial charge < -0.3 is 10.0 Å². The third kappa shape index (κ3) is 4.98. The molecule has 4 rings (SSSR count). The maximum absolute atomic E-state index is 11.7. The van der Waals surface area contributed by atoms with Crippen molar-refractivity contribution in [1.82, 2.24) is 19.3 Å². The number of rotatable bonds is 8. The third-order valence-corrected chi connectivity index (χ3v) is 5.72. The number of hydrogen-bond donors (Lipinski definition) is 2. The fraction of sp³-hybridized carbons (Fsp3) is 0.208. The molecule has 2 N–H and O–H groups in total. The van der Waals surface area contributed by atoms with Crippen LogP contribution in [0.1, 0.15) is 35.1 Å². The number of aromatic nitrogens is 4. The molecular formula is C24H23N5O3S. The largest absolute Gasteiger partial charge is 0.477 e. The highest BCUT2D eigenvalue weighted by Gasteiger charge is 2.19. The van der Waals surface area contributed by atoms with Crippen molar-refractivity contribution in [3.63, 3.8) is 0 Å². The molecule has 33 heavy (non-hydrogen) atoms. The first-order valence-electron chi connectivity index (χ1n) is 10.5. The lowest BCUT2D eigenvalue weighted by molar-refractivity contribution is 0.0696. The van der Waals surface area contributed by atoms with Gasteiger partial charge in [-0.25, -0.2) is 14.8 Å². The number of aryl methyl sites for hydroxylation is 1. The van der Waals surface area contributed by atoms with Gasteiger partial charge in [0.15, 0.2) is 5.82 Å². The van der Waals surface area contributed by atoms with Gasteiger partial charge in [-0.05, 0) is 30.0 Å². The van der Waals surface area contributed by atoms with Gasteiger partial charge in [0, 0.05) is 36.4 Å². The van der Waals surface area contributed by atoms with Gasteiger partial charge >= 0.3 is 10.8 Å². The molecule has 0 atom stereocenters. The zero-order valence-electron chi connectivity index (χ0n) is 18.3. The fourth-order valence-electron chi connectivity index (χ4n) is 3.68. The number of carbonyl (C=O) groups is 1. The molecule has 0 amide bonds. The Morgan fingerprint density at radius 3 is 2.48 bits per heavy atom. The van der Waals surface area contributed by atoms with Gasteiger partial charge in [-0.15, -0.1) is 0 Å². The normalized spacial score (nSPS) is 10.8. The lowest BCUT2D eigenvalue weighted by atomic mass is 9.98. The lowest BCUT2D eigenvalue weighted by Gasteiger charge is -2.25. The molecule has 0 fully saturated rings. The molecule has 0 aliphatic heterocycles. The van der Waals surface area contributed by atoms with Crippen molar-refractivity contribution in [2.75, 3.05) is 11.4 Å². The number of H-pyrrole nitrogens is 1.